The van der Waals surface area contributed by atoms with Gasteiger partial charge >= 0.3 is 5.69 Å². The summed E-state index contributed by atoms with van der Waals surface area (Å²) >= 11 is 0. The zero-order valence-electron chi connectivity index (χ0n) is 22.6. The van der Waals surface area contributed by atoms with Crippen LogP contribution in [0.2, 0.25) is 0 Å². The van der Waals surface area contributed by atoms with Crippen LogP contribution < -0.4 is 16.4 Å². The maximum atomic E-state index is 13.7. The van der Waals surface area contributed by atoms with E-state index in [1.54, 1.807) is 17.4 Å². The number of hydrogen-bond donors (Lipinski definition) is 3. The van der Waals surface area contributed by atoms with E-state index in [0.717, 1.165) is 16.8 Å². The van der Waals surface area contributed by atoms with Gasteiger partial charge in [0.05, 0.1) is 16.8 Å². The highest BCUT2D eigenvalue weighted by Crippen LogP contribution is 2.29. The minimum Gasteiger partial charge on any atom is -0.378 e. The summed E-state index contributed by atoms with van der Waals surface area (Å²) in [6.07, 6.45) is 10.6. The van der Waals surface area contributed by atoms with Crippen LogP contribution in [0.3, 0.4) is 0 Å². The SMILES string of the molecule is CC(=O)N[C@@H]1CCN(C(=O)c2cn(CCCNc3ccc([N+](=O)[O-])c(N)n3)cc2-c2ccc(-n3ccnc3)cc2)C1. The molecule has 1 atom stereocenters. The first-order valence-corrected chi connectivity index (χ1v) is 13.3. The molecular weight excluding hydrogens is 526 g/mol. The quantitative estimate of drug-likeness (QED) is 0.152. The summed E-state index contributed by atoms with van der Waals surface area (Å²) in [6.45, 7) is 3.70. The van der Waals surface area contributed by atoms with Crippen LogP contribution in [-0.4, -0.2) is 66.4 Å². The molecular formula is C28H31N9O4. The normalized spacial score (nSPS) is 14.7. The van der Waals surface area contributed by atoms with Crippen molar-refractivity contribution in [1.82, 2.24) is 29.3 Å². The highest BCUT2D eigenvalue weighted by atomic mass is 16.6. The Labute approximate surface area is 236 Å². The lowest BCUT2D eigenvalue weighted by Crippen LogP contribution is -2.37. The number of aromatic nitrogens is 4. The van der Waals surface area contributed by atoms with Crippen molar-refractivity contribution in [2.45, 2.75) is 32.4 Å². The molecule has 1 fully saturated rings. The number of amides is 2. The minimum atomic E-state index is -0.567. The number of hydrogen-bond acceptors (Lipinski definition) is 8. The number of nitrogen functional groups attached to an aromatic ring is 1. The molecule has 1 saturated heterocycles. The fraction of sp³-hybridized carbons (Fsp3) is 0.286. The molecule has 41 heavy (non-hydrogen) atoms. The van der Waals surface area contributed by atoms with Crippen molar-refractivity contribution in [2.24, 2.45) is 0 Å². The van der Waals surface area contributed by atoms with Gasteiger partial charge in [-0.05, 0) is 36.6 Å². The molecule has 1 aliphatic rings. The van der Waals surface area contributed by atoms with Crippen molar-refractivity contribution < 1.29 is 14.5 Å². The number of likely N-dealkylation sites (tertiary alicyclic amines) is 1. The summed E-state index contributed by atoms with van der Waals surface area (Å²) in [5, 5.41) is 17.0. The van der Waals surface area contributed by atoms with Crippen LogP contribution in [0.4, 0.5) is 17.3 Å². The third kappa shape index (κ3) is 6.35. The number of nitrogens with two attached hydrogens (primary N) is 1. The first-order chi connectivity index (χ1) is 19.8. The summed E-state index contributed by atoms with van der Waals surface area (Å²) < 4.78 is 3.90. The van der Waals surface area contributed by atoms with Gasteiger partial charge in [0.1, 0.15) is 5.82 Å². The molecule has 0 aliphatic carbocycles. The molecule has 3 aromatic heterocycles. The second kappa shape index (κ2) is 11.9. The van der Waals surface area contributed by atoms with E-state index in [9.17, 15) is 19.7 Å². The van der Waals surface area contributed by atoms with Gasteiger partial charge in [-0.1, -0.05) is 12.1 Å². The monoisotopic (exact) mass is 557 g/mol. The molecule has 0 unspecified atom stereocenters. The average molecular weight is 558 g/mol. The molecule has 1 aliphatic heterocycles. The lowest BCUT2D eigenvalue weighted by Gasteiger charge is -2.17. The highest BCUT2D eigenvalue weighted by molar-refractivity contribution is 6.01. The van der Waals surface area contributed by atoms with Crippen LogP contribution in [0.5, 0.6) is 0 Å². The maximum Gasteiger partial charge on any atom is 0.311 e. The number of carbonyl (C=O) groups excluding carboxylic acids is 2. The number of anilines is 2. The summed E-state index contributed by atoms with van der Waals surface area (Å²) in [4.78, 5) is 45.5. The number of aryl methyl sites for hydroxylation is 1. The molecule has 0 saturated carbocycles. The zero-order valence-corrected chi connectivity index (χ0v) is 22.6. The number of benzene rings is 1. The summed E-state index contributed by atoms with van der Waals surface area (Å²) in [7, 11) is 0. The molecule has 1 aromatic carbocycles. The number of pyridine rings is 1. The lowest BCUT2D eigenvalue weighted by molar-refractivity contribution is -0.384. The summed E-state index contributed by atoms with van der Waals surface area (Å²) in [5.74, 6) is 0.140. The van der Waals surface area contributed by atoms with Crippen LogP contribution in [-0.2, 0) is 11.3 Å². The van der Waals surface area contributed by atoms with Gasteiger partial charge in [0.2, 0.25) is 11.7 Å². The van der Waals surface area contributed by atoms with Crippen LogP contribution in [0, 0.1) is 10.1 Å². The molecule has 13 nitrogen and oxygen atoms in total. The minimum absolute atomic E-state index is 0.0513. The Bertz CT molecular complexity index is 1550. The van der Waals surface area contributed by atoms with E-state index in [4.69, 9.17) is 5.73 Å². The fourth-order valence-electron chi connectivity index (χ4n) is 4.98. The van der Waals surface area contributed by atoms with Gasteiger partial charge in [-0.25, -0.2) is 9.97 Å². The molecule has 212 valence electrons. The van der Waals surface area contributed by atoms with Crippen LogP contribution >= 0.6 is 0 Å². The second-order valence-corrected chi connectivity index (χ2v) is 9.92. The van der Waals surface area contributed by atoms with E-state index >= 15 is 0 Å². The van der Waals surface area contributed by atoms with Crippen LogP contribution in [0.15, 0.2) is 67.5 Å². The topological polar surface area (TPSA) is 166 Å². The number of carbonyl (C=O) groups is 2. The van der Waals surface area contributed by atoms with E-state index < -0.39 is 4.92 Å². The number of nitrogens with one attached hydrogen (secondary N) is 2. The Hall–Kier alpha value is -5.20. The molecule has 0 spiro atoms. The van der Waals surface area contributed by atoms with Crippen LogP contribution in [0.1, 0.15) is 30.1 Å². The Morgan fingerprint density at radius 1 is 1.17 bits per heavy atom. The van der Waals surface area contributed by atoms with Gasteiger partial charge in [-0.2, -0.15) is 0 Å². The Balaban J connectivity index is 1.31. The molecule has 13 heteroatoms. The molecule has 0 bridgehead atoms. The predicted octanol–water partition coefficient (Wildman–Crippen LogP) is 3.08. The van der Waals surface area contributed by atoms with E-state index in [2.05, 4.69) is 20.6 Å². The molecule has 4 heterocycles. The zero-order chi connectivity index (χ0) is 28.9. The highest BCUT2D eigenvalue weighted by Gasteiger charge is 2.29. The van der Waals surface area contributed by atoms with Crippen molar-refractivity contribution in [1.29, 1.82) is 0 Å². The molecule has 2 amide bonds. The molecule has 4 N–H and O–H groups in total. The summed E-state index contributed by atoms with van der Waals surface area (Å²) in [5.41, 5.74) is 8.75. The van der Waals surface area contributed by atoms with Gasteiger partial charge in [-0.3, -0.25) is 19.7 Å². The number of rotatable bonds is 10. The maximum absolute atomic E-state index is 13.7. The lowest BCUT2D eigenvalue weighted by atomic mass is 10.0. The Kier molecular flexibility index (Phi) is 7.94. The van der Waals surface area contributed by atoms with E-state index in [1.165, 1.54) is 19.1 Å². The van der Waals surface area contributed by atoms with Gasteiger partial charge in [0.25, 0.3) is 5.91 Å². The van der Waals surface area contributed by atoms with Gasteiger partial charge in [0, 0.05) is 81.2 Å². The van der Waals surface area contributed by atoms with Gasteiger partial charge < -0.3 is 30.4 Å². The van der Waals surface area contributed by atoms with E-state index in [1.807, 2.05) is 52.0 Å². The van der Waals surface area contributed by atoms with E-state index in [0.29, 0.717) is 50.4 Å². The number of nitrogens with zero attached hydrogens (tertiary/aromatic N) is 6. The van der Waals surface area contributed by atoms with Crippen molar-refractivity contribution >= 4 is 29.1 Å². The van der Waals surface area contributed by atoms with E-state index in [-0.39, 0.29) is 29.4 Å². The van der Waals surface area contributed by atoms with Crippen molar-refractivity contribution in [2.75, 3.05) is 30.7 Å². The van der Waals surface area contributed by atoms with Crippen molar-refractivity contribution in [3.8, 4) is 16.8 Å². The third-order valence-corrected chi connectivity index (χ3v) is 6.97. The van der Waals surface area contributed by atoms with Gasteiger partial charge in [0.15, 0.2) is 0 Å². The molecule has 0 radical (unpaired) electrons. The number of imidazole rings is 1. The average Bonchev–Trinajstić information content (AvgIpc) is 3.72. The van der Waals surface area contributed by atoms with Crippen molar-refractivity contribution in [3.63, 3.8) is 0 Å². The third-order valence-electron chi connectivity index (χ3n) is 6.97. The first-order valence-electron chi connectivity index (χ1n) is 13.3. The smallest absolute Gasteiger partial charge is 0.311 e. The second-order valence-electron chi connectivity index (χ2n) is 9.92. The van der Waals surface area contributed by atoms with Crippen LogP contribution in [0.25, 0.3) is 16.8 Å². The van der Waals surface area contributed by atoms with Gasteiger partial charge in [-0.15, -0.1) is 0 Å². The first kappa shape index (κ1) is 27.4. The molecule has 4 aromatic rings. The summed E-state index contributed by atoms with van der Waals surface area (Å²) in [6, 6.07) is 10.7. The number of nitro groups is 1. The standard InChI is InChI=1S/C28H31N9O4/c1-19(38)32-21-9-13-35(15-21)28(39)24-17-34(12-2-10-31-26-8-7-25(37(40)41)27(29)33-26)16-23(24)20-3-5-22(6-4-20)36-14-11-30-18-36/h3-8,11,14,16-18,21H,2,9-10,12-13,15H2,1H3,(H,32,38)(H3,29,31,33)/t21-/m1/s1. The van der Waals surface area contributed by atoms with Crippen molar-refractivity contribution in [3.05, 3.63) is 83.2 Å². The Morgan fingerprint density at radius 3 is 2.66 bits per heavy atom. The Morgan fingerprint density at radius 2 is 1.98 bits per heavy atom. The fourth-order valence-corrected chi connectivity index (χ4v) is 4.98. The molecule has 5 rings (SSSR count). The largest absolute Gasteiger partial charge is 0.378 e. The predicted molar refractivity (Wildman–Crippen MR) is 154 cm³/mol.